The molecule has 7 nitrogen and oxygen atoms in total. The lowest BCUT2D eigenvalue weighted by atomic mass is 10.3. The summed E-state index contributed by atoms with van der Waals surface area (Å²) in [5, 5.41) is 1.34. The summed E-state index contributed by atoms with van der Waals surface area (Å²) in [6.45, 7) is 2.11. The molecule has 0 radical (unpaired) electrons. The van der Waals surface area contributed by atoms with Crippen LogP contribution in [0.3, 0.4) is 0 Å². The molecule has 0 unspecified atom stereocenters. The highest BCUT2D eigenvalue weighted by atomic mass is 35.5. The minimum Gasteiger partial charge on any atom is -0.497 e. The highest BCUT2D eigenvalue weighted by Gasteiger charge is 2.27. The number of hydrogen-bond acceptors (Lipinski definition) is 7. The molecule has 1 fully saturated rings. The van der Waals surface area contributed by atoms with E-state index in [4.69, 9.17) is 16.3 Å². The van der Waals surface area contributed by atoms with Crippen LogP contribution in [0.25, 0.3) is 10.2 Å². The van der Waals surface area contributed by atoms with Crippen LogP contribution in [0.2, 0.25) is 5.02 Å². The van der Waals surface area contributed by atoms with Gasteiger partial charge in [0.05, 0.1) is 22.2 Å². The second kappa shape index (κ2) is 8.41. The van der Waals surface area contributed by atoms with Gasteiger partial charge in [0.25, 0.3) is 0 Å². The minimum absolute atomic E-state index is 0.101. The Morgan fingerprint density at radius 2 is 1.83 bits per heavy atom. The molecular formula is C20H20ClN3O4S2. The number of carbonyl (C=O) groups is 1. The summed E-state index contributed by atoms with van der Waals surface area (Å²) in [4.78, 5) is 21.1. The van der Waals surface area contributed by atoms with E-state index in [0.717, 1.165) is 21.1 Å². The second-order valence-corrected chi connectivity index (χ2v) is 10.3. The van der Waals surface area contributed by atoms with E-state index in [2.05, 4.69) is 9.88 Å². The van der Waals surface area contributed by atoms with Crippen molar-refractivity contribution >= 4 is 54.0 Å². The summed E-state index contributed by atoms with van der Waals surface area (Å²) >= 11 is 7.39. The maximum Gasteiger partial charge on any atom is 0.238 e. The third-order valence-electron chi connectivity index (χ3n) is 4.97. The fourth-order valence-corrected chi connectivity index (χ4v) is 5.68. The molecule has 158 valence electrons. The van der Waals surface area contributed by atoms with Crippen LogP contribution < -0.4 is 9.64 Å². The van der Waals surface area contributed by atoms with Gasteiger partial charge in [-0.1, -0.05) is 22.9 Å². The van der Waals surface area contributed by atoms with Gasteiger partial charge in [0.15, 0.2) is 15.0 Å². The van der Waals surface area contributed by atoms with Crippen molar-refractivity contribution in [3.63, 3.8) is 0 Å². The van der Waals surface area contributed by atoms with Crippen LogP contribution in [0.4, 0.5) is 5.13 Å². The molecule has 1 saturated heterocycles. The Balaban J connectivity index is 1.39. The highest BCUT2D eigenvalue weighted by molar-refractivity contribution is 7.92. The normalized spacial score (nSPS) is 14.9. The number of fused-ring (bicyclic) bond motifs is 1. The van der Waals surface area contributed by atoms with E-state index in [1.807, 2.05) is 18.2 Å². The Bertz CT molecular complexity index is 1170. The van der Waals surface area contributed by atoms with Gasteiger partial charge in [-0.25, -0.2) is 13.4 Å². The first-order chi connectivity index (χ1) is 14.4. The molecule has 0 bridgehead atoms. The van der Waals surface area contributed by atoms with Crippen LogP contribution in [-0.2, 0) is 14.6 Å². The molecular weight excluding hydrogens is 446 g/mol. The maximum absolute atomic E-state index is 12.6. The van der Waals surface area contributed by atoms with Crippen molar-refractivity contribution < 1.29 is 17.9 Å². The number of halogens is 1. The number of amides is 1. The van der Waals surface area contributed by atoms with Crippen molar-refractivity contribution in [3.05, 3.63) is 47.5 Å². The summed E-state index contributed by atoms with van der Waals surface area (Å²) in [7, 11) is -2.07. The van der Waals surface area contributed by atoms with E-state index in [9.17, 15) is 13.2 Å². The molecule has 1 aliphatic rings. The van der Waals surface area contributed by atoms with Crippen LogP contribution >= 0.6 is 22.9 Å². The summed E-state index contributed by atoms with van der Waals surface area (Å²) in [6.07, 6.45) is 0. The first-order valence-electron chi connectivity index (χ1n) is 9.31. The lowest BCUT2D eigenvalue weighted by Gasteiger charge is -2.34. The van der Waals surface area contributed by atoms with Gasteiger partial charge >= 0.3 is 0 Å². The molecule has 1 aromatic heterocycles. The van der Waals surface area contributed by atoms with E-state index < -0.39 is 21.5 Å². The van der Waals surface area contributed by atoms with E-state index in [1.165, 1.54) is 24.3 Å². The Labute approximate surface area is 183 Å². The third kappa shape index (κ3) is 4.38. The van der Waals surface area contributed by atoms with Crippen LogP contribution in [0.5, 0.6) is 5.75 Å². The number of hydrogen-bond donors (Lipinski definition) is 0. The molecule has 30 heavy (non-hydrogen) atoms. The molecule has 0 aliphatic carbocycles. The number of methoxy groups -OCH3 is 1. The molecule has 2 aromatic carbocycles. The zero-order chi connectivity index (χ0) is 21.3. The number of nitrogens with zero attached hydrogens (tertiary/aromatic N) is 3. The molecule has 10 heteroatoms. The van der Waals surface area contributed by atoms with Crippen LogP contribution in [-0.4, -0.2) is 63.3 Å². The van der Waals surface area contributed by atoms with E-state index >= 15 is 0 Å². The molecule has 1 aliphatic heterocycles. The molecule has 0 atom stereocenters. The monoisotopic (exact) mass is 465 g/mol. The van der Waals surface area contributed by atoms with Gasteiger partial charge in [-0.15, -0.1) is 0 Å². The number of benzene rings is 2. The van der Waals surface area contributed by atoms with Crippen molar-refractivity contribution in [1.29, 1.82) is 0 Å². The zero-order valence-corrected chi connectivity index (χ0v) is 18.6. The number of piperazine rings is 1. The predicted octanol–water partition coefficient (Wildman–Crippen LogP) is 3.08. The lowest BCUT2D eigenvalue weighted by Crippen LogP contribution is -2.50. The fourth-order valence-electron chi connectivity index (χ4n) is 3.28. The van der Waals surface area contributed by atoms with Gasteiger partial charge in [-0.05, 0) is 42.5 Å². The van der Waals surface area contributed by atoms with Gasteiger partial charge < -0.3 is 14.5 Å². The highest BCUT2D eigenvalue weighted by Crippen LogP contribution is 2.31. The maximum atomic E-state index is 12.6. The average Bonchev–Trinajstić information content (AvgIpc) is 3.17. The summed E-state index contributed by atoms with van der Waals surface area (Å²) in [5.74, 6) is -0.149. The van der Waals surface area contributed by atoms with E-state index in [0.29, 0.717) is 31.2 Å². The molecule has 3 aromatic rings. The number of sulfone groups is 1. The Kier molecular flexibility index (Phi) is 5.86. The number of rotatable bonds is 5. The van der Waals surface area contributed by atoms with Crippen LogP contribution in [0.1, 0.15) is 0 Å². The fraction of sp³-hybridized carbons (Fsp3) is 0.300. The second-order valence-electron chi connectivity index (χ2n) is 6.91. The van der Waals surface area contributed by atoms with Crippen LogP contribution in [0.15, 0.2) is 47.4 Å². The molecule has 0 saturated carbocycles. The van der Waals surface area contributed by atoms with Crippen molar-refractivity contribution in [2.75, 3.05) is 43.9 Å². The van der Waals surface area contributed by atoms with Gasteiger partial charge in [-0.3, -0.25) is 4.79 Å². The smallest absolute Gasteiger partial charge is 0.238 e. The SMILES string of the molecule is COc1ccc2nc(N3CCN(C(=O)CS(=O)(=O)c4ccc(Cl)cc4)CC3)sc2c1. The molecule has 2 heterocycles. The van der Waals surface area contributed by atoms with Crippen molar-refractivity contribution in [3.8, 4) is 5.75 Å². The topological polar surface area (TPSA) is 79.8 Å². The number of anilines is 1. The first kappa shape index (κ1) is 20.9. The Morgan fingerprint density at radius 3 is 2.50 bits per heavy atom. The molecule has 4 rings (SSSR count). The number of carbonyl (C=O) groups excluding carboxylic acids is 1. The summed E-state index contributed by atoms with van der Waals surface area (Å²) in [6, 6.07) is 11.6. The Hall–Kier alpha value is -2.36. The lowest BCUT2D eigenvalue weighted by molar-refractivity contribution is -0.128. The first-order valence-corrected chi connectivity index (χ1v) is 12.2. The van der Waals surface area contributed by atoms with Crippen molar-refractivity contribution in [2.45, 2.75) is 4.90 Å². The van der Waals surface area contributed by atoms with Gasteiger partial charge in [0.2, 0.25) is 5.91 Å². The minimum atomic E-state index is -3.70. The zero-order valence-electron chi connectivity index (χ0n) is 16.2. The largest absolute Gasteiger partial charge is 0.497 e. The molecule has 1 amide bonds. The van der Waals surface area contributed by atoms with Crippen molar-refractivity contribution in [2.24, 2.45) is 0 Å². The Morgan fingerprint density at radius 1 is 1.13 bits per heavy atom. The quantitative estimate of drug-likeness (QED) is 0.576. The summed E-state index contributed by atoms with van der Waals surface area (Å²) in [5.41, 5.74) is 0.906. The van der Waals surface area contributed by atoms with Gasteiger partial charge in [0.1, 0.15) is 11.5 Å². The van der Waals surface area contributed by atoms with Gasteiger partial charge in [-0.2, -0.15) is 0 Å². The van der Waals surface area contributed by atoms with Crippen LogP contribution in [0, 0.1) is 0 Å². The third-order valence-corrected chi connectivity index (χ3v) is 7.92. The standard InChI is InChI=1S/C20H20ClN3O4S2/c1-28-15-4-7-17-18(12-15)29-20(22-17)24-10-8-23(9-11-24)19(25)13-30(26,27)16-5-2-14(21)3-6-16/h2-7,12H,8-11,13H2,1H3. The van der Waals surface area contributed by atoms with Gasteiger partial charge in [0, 0.05) is 31.2 Å². The predicted molar refractivity (Wildman–Crippen MR) is 118 cm³/mol. The number of aromatic nitrogens is 1. The average molecular weight is 466 g/mol. The summed E-state index contributed by atoms with van der Waals surface area (Å²) < 4.78 is 31.3. The van der Waals surface area contributed by atoms with E-state index in [-0.39, 0.29) is 4.90 Å². The van der Waals surface area contributed by atoms with E-state index in [1.54, 1.807) is 23.3 Å². The van der Waals surface area contributed by atoms with Crippen molar-refractivity contribution in [1.82, 2.24) is 9.88 Å². The number of ether oxygens (including phenoxy) is 1. The molecule has 0 spiro atoms. The number of thiazole rings is 1. The molecule has 0 N–H and O–H groups in total.